The third-order valence-electron chi connectivity index (χ3n) is 11.4. The number of carbonyl (C=O) groups is 2. The van der Waals surface area contributed by atoms with E-state index in [9.17, 15) is 19.8 Å². The van der Waals surface area contributed by atoms with Crippen molar-refractivity contribution in [2.45, 2.75) is 289 Å². The van der Waals surface area contributed by atoms with Gasteiger partial charge >= 0.3 is 5.97 Å². The molecule has 0 rings (SSSR count). The van der Waals surface area contributed by atoms with Gasteiger partial charge in [-0.25, -0.2) is 0 Å². The van der Waals surface area contributed by atoms with E-state index in [1.54, 1.807) is 0 Å². The SMILES string of the molecule is CCCCCCCCCCCCCCCCCCC(=O)OC(CCCCCCCCCC)CC(=O)NC(CO)C(O)CCCCCCCCCCCCC. The largest absolute Gasteiger partial charge is 0.462 e. The molecule has 3 unspecified atom stereocenters. The Morgan fingerprint density at radius 2 is 0.778 bits per heavy atom. The van der Waals surface area contributed by atoms with Crippen molar-refractivity contribution >= 4 is 11.9 Å². The third-order valence-corrected chi connectivity index (χ3v) is 11.4. The summed E-state index contributed by atoms with van der Waals surface area (Å²) in [5.74, 6) is -0.459. The second-order valence-corrected chi connectivity index (χ2v) is 16.9. The number of hydrogen-bond acceptors (Lipinski definition) is 5. The van der Waals surface area contributed by atoms with Crippen LogP contribution >= 0.6 is 0 Å². The number of unbranched alkanes of at least 4 members (excludes halogenated alkanes) is 32. The lowest BCUT2D eigenvalue weighted by Gasteiger charge is -2.24. The van der Waals surface area contributed by atoms with Crippen molar-refractivity contribution < 1.29 is 24.5 Å². The molecule has 3 atom stereocenters. The second kappa shape index (κ2) is 43.0. The monoisotopic (exact) mass is 766 g/mol. The molecule has 322 valence electrons. The maximum atomic E-state index is 13.1. The topological polar surface area (TPSA) is 95.9 Å². The molecule has 0 aromatic carbocycles. The maximum Gasteiger partial charge on any atom is 0.306 e. The summed E-state index contributed by atoms with van der Waals surface area (Å²) in [4.78, 5) is 26.0. The fourth-order valence-electron chi connectivity index (χ4n) is 7.73. The van der Waals surface area contributed by atoms with Gasteiger partial charge in [0.15, 0.2) is 0 Å². The molecule has 0 aromatic heterocycles. The summed E-state index contributed by atoms with van der Waals surface area (Å²) in [7, 11) is 0. The zero-order valence-electron chi connectivity index (χ0n) is 36.6. The smallest absolute Gasteiger partial charge is 0.306 e. The number of aliphatic hydroxyl groups is 2. The van der Waals surface area contributed by atoms with Crippen LogP contribution in [-0.4, -0.2) is 46.9 Å². The van der Waals surface area contributed by atoms with Gasteiger partial charge in [-0.15, -0.1) is 0 Å². The quantitative estimate of drug-likeness (QED) is 0.0424. The molecular formula is C48H95NO5. The Morgan fingerprint density at radius 3 is 1.13 bits per heavy atom. The maximum absolute atomic E-state index is 13.1. The van der Waals surface area contributed by atoms with Crippen molar-refractivity contribution in [2.24, 2.45) is 0 Å². The molecule has 0 aliphatic carbocycles. The Balaban J connectivity index is 4.39. The molecule has 0 saturated heterocycles. The molecule has 1 amide bonds. The Labute approximate surface area is 336 Å². The lowest BCUT2D eigenvalue weighted by atomic mass is 10.0. The van der Waals surface area contributed by atoms with Crippen LogP contribution in [0.4, 0.5) is 0 Å². The van der Waals surface area contributed by atoms with Crippen LogP contribution in [0.5, 0.6) is 0 Å². The summed E-state index contributed by atoms with van der Waals surface area (Å²) in [6.45, 7) is 6.47. The van der Waals surface area contributed by atoms with Crippen LogP contribution in [0.1, 0.15) is 271 Å². The second-order valence-electron chi connectivity index (χ2n) is 16.9. The summed E-state index contributed by atoms with van der Waals surface area (Å²) >= 11 is 0. The van der Waals surface area contributed by atoms with Gasteiger partial charge in [0.1, 0.15) is 6.10 Å². The number of hydrogen-bond donors (Lipinski definition) is 3. The highest BCUT2D eigenvalue weighted by molar-refractivity contribution is 5.77. The van der Waals surface area contributed by atoms with Crippen LogP contribution in [0.3, 0.4) is 0 Å². The van der Waals surface area contributed by atoms with Crippen LogP contribution in [0, 0.1) is 0 Å². The summed E-state index contributed by atoms with van der Waals surface area (Å²) in [5, 5.41) is 23.6. The highest BCUT2D eigenvalue weighted by Gasteiger charge is 2.24. The molecule has 0 aromatic rings. The Kier molecular flexibility index (Phi) is 42.1. The van der Waals surface area contributed by atoms with Crippen LogP contribution < -0.4 is 5.32 Å². The predicted molar refractivity (Wildman–Crippen MR) is 232 cm³/mol. The van der Waals surface area contributed by atoms with Crippen LogP contribution in [0.25, 0.3) is 0 Å². The fraction of sp³-hybridized carbons (Fsp3) is 0.958. The van der Waals surface area contributed by atoms with E-state index in [1.165, 1.54) is 186 Å². The molecule has 6 heteroatoms. The normalized spacial score (nSPS) is 13.2. The van der Waals surface area contributed by atoms with Gasteiger partial charge in [-0.05, 0) is 25.7 Å². The average molecular weight is 766 g/mol. The van der Waals surface area contributed by atoms with Gasteiger partial charge < -0.3 is 20.3 Å². The third kappa shape index (κ3) is 37.8. The molecule has 0 bridgehead atoms. The van der Waals surface area contributed by atoms with E-state index in [4.69, 9.17) is 4.74 Å². The minimum absolute atomic E-state index is 0.0862. The highest BCUT2D eigenvalue weighted by atomic mass is 16.5. The number of esters is 1. The van der Waals surface area contributed by atoms with Crippen LogP contribution in [0.2, 0.25) is 0 Å². The van der Waals surface area contributed by atoms with Crippen LogP contribution in [0.15, 0.2) is 0 Å². The number of aliphatic hydroxyl groups excluding tert-OH is 2. The molecule has 0 heterocycles. The van der Waals surface area contributed by atoms with Crippen LogP contribution in [-0.2, 0) is 14.3 Å². The molecule has 6 nitrogen and oxygen atoms in total. The first-order valence-electron chi connectivity index (χ1n) is 24.3. The number of amides is 1. The number of carbonyl (C=O) groups excluding carboxylic acids is 2. The minimum atomic E-state index is -0.777. The van der Waals surface area contributed by atoms with E-state index in [2.05, 4.69) is 26.1 Å². The number of ether oxygens (including phenoxy) is 1. The zero-order valence-corrected chi connectivity index (χ0v) is 36.6. The van der Waals surface area contributed by atoms with Crippen molar-refractivity contribution in [1.82, 2.24) is 5.32 Å². The molecule has 0 spiro atoms. The molecule has 0 saturated carbocycles. The van der Waals surface area contributed by atoms with Gasteiger partial charge in [0.05, 0.1) is 25.2 Å². The number of rotatable bonds is 44. The molecule has 0 fully saturated rings. The lowest BCUT2D eigenvalue weighted by molar-refractivity contribution is -0.151. The van der Waals surface area contributed by atoms with Crippen molar-refractivity contribution in [3.63, 3.8) is 0 Å². The van der Waals surface area contributed by atoms with Crippen molar-refractivity contribution in [3.05, 3.63) is 0 Å². The van der Waals surface area contributed by atoms with E-state index in [0.29, 0.717) is 19.3 Å². The molecule has 3 N–H and O–H groups in total. The van der Waals surface area contributed by atoms with Gasteiger partial charge in [0, 0.05) is 6.42 Å². The van der Waals surface area contributed by atoms with Gasteiger partial charge in [-0.3, -0.25) is 9.59 Å². The van der Waals surface area contributed by atoms with Gasteiger partial charge in [-0.2, -0.15) is 0 Å². The Hall–Kier alpha value is -1.14. The first-order valence-corrected chi connectivity index (χ1v) is 24.3. The molecular weight excluding hydrogens is 671 g/mol. The fourth-order valence-corrected chi connectivity index (χ4v) is 7.73. The average Bonchev–Trinajstić information content (AvgIpc) is 3.16. The molecule has 0 aliphatic rings. The zero-order chi connectivity index (χ0) is 39.6. The Morgan fingerprint density at radius 1 is 0.463 bits per heavy atom. The van der Waals surface area contributed by atoms with E-state index >= 15 is 0 Å². The summed E-state index contributed by atoms with van der Waals surface area (Å²) < 4.78 is 5.90. The van der Waals surface area contributed by atoms with Crippen molar-refractivity contribution in [1.29, 1.82) is 0 Å². The Bertz CT molecular complexity index is 776. The van der Waals surface area contributed by atoms with Gasteiger partial charge in [0.2, 0.25) is 5.91 Å². The highest BCUT2D eigenvalue weighted by Crippen LogP contribution is 2.18. The van der Waals surface area contributed by atoms with Gasteiger partial charge in [0.25, 0.3) is 0 Å². The van der Waals surface area contributed by atoms with Crippen molar-refractivity contribution in [2.75, 3.05) is 6.61 Å². The van der Waals surface area contributed by atoms with E-state index < -0.39 is 18.2 Å². The standard InChI is InChI=1S/C48H95NO5/c1-4-7-10-13-16-19-21-22-23-24-25-27-29-32-35-38-41-48(53)54-44(39-36-33-30-18-15-12-9-6-3)42-47(52)49-45(43-50)46(51)40-37-34-31-28-26-20-17-14-11-8-5-2/h44-46,50-51H,4-43H2,1-3H3,(H,49,52). The summed E-state index contributed by atoms with van der Waals surface area (Å²) in [6.07, 6.45) is 44.5. The first-order chi connectivity index (χ1) is 26.5. The molecule has 54 heavy (non-hydrogen) atoms. The first kappa shape index (κ1) is 52.9. The molecule has 0 aliphatic heterocycles. The van der Waals surface area contributed by atoms with E-state index in [1.807, 2.05) is 0 Å². The van der Waals surface area contributed by atoms with E-state index in [0.717, 1.165) is 38.5 Å². The lowest BCUT2D eigenvalue weighted by Crippen LogP contribution is -2.46. The molecule has 0 radical (unpaired) electrons. The number of nitrogens with one attached hydrogen (secondary N) is 1. The summed E-state index contributed by atoms with van der Waals surface area (Å²) in [5.41, 5.74) is 0. The van der Waals surface area contributed by atoms with E-state index in [-0.39, 0.29) is 24.9 Å². The minimum Gasteiger partial charge on any atom is -0.462 e. The summed E-state index contributed by atoms with van der Waals surface area (Å²) in [6, 6.07) is -0.690. The van der Waals surface area contributed by atoms with Crippen molar-refractivity contribution in [3.8, 4) is 0 Å². The predicted octanol–water partition coefficient (Wildman–Crippen LogP) is 14.0. The van der Waals surface area contributed by atoms with Gasteiger partial charge in [-0.1, -0.05) is 233 Å².